The highest BCUT2D eigenvalue weighted by molar-refractivity contribution is 5.83. The quantitative estimate of drug-likeness (QED) is 0.795. The molecule has 0 atom stereocenters. The molecule has 21 heavy (non-hydrogen) atoms. The number of nitrogens with one attached hydrogen (secondary N) is 2. The molecule has 0 radical (unpaired) electrons. The molecule has 0 aromatic carbocycles. The lowest BCUT2D eigenvalue weighted by Crippen LogP contribution is -2.51. The van der Waals surface area contributed by atoms with Crippen molar-refractivity contribution in [3.8, 4) is 0 Å². The summed E-state index contributed by atoms with van der Waals surface area (Å²) in [6.07, 6.45) is 1.79. The summed E-state index contributed by atoms with van der Waals surface area (Å²) in [5.41, 5.74) is 1.04. The Kier molecular flexibility index (Phi) is 5.51. The second-order valence-corrected chi connectivity index (χ2v) is 4.91. The minimum absolute atomic E-state index is 0.0416. The SMILES string of the molecule is CNC(=O)NCC(=O)N1CCN(Cc2ccccn2)CC1. The van der Waals surface area contributed by atoms with Gasteiger partial charge in [-0.2, -0.15) is 0 Å². The fourth-order valence-corrected chi connectivity index (χ4v) is 2.23. The van der Waals surface area contributed by atoms with Gasteiger partial charge in [0, 0.05) is 46.0 Å². The minimum atomic E-state index is -0.336. The molecule has 0 saturated carbocycles. The Morgan fingerprint density at radius 3 is 2.62 bits per heavy atom. The fraction of sp³-hybridized carbons (Fsp3) is 0.500. The summed E-state index contributed by atoms with van der Waals surface area (Å²) in [7, 11) is 1.52. The molecule has 2 rings (SSSR count). The van der Waals surface area contributed by atoms with E-state index in [1.165, 1.54) is 7.05 Å². The van der Waals surface area contributed by atoms with Crippen LogP contribution in [0.2, 0.25) is 0 Å². The average molecular weight is 291 g/mol. The molecule has 0 aliphatic carbocycles. The highest BCUT2D eigenvalue weighted by Gasteiger charge is 2.21. The molecule has 2 heterocycles. The maximum Gasteiger partial charge on any atom is 0.314 e. The summed E-state index contributed by atoms with van der Waals surface area (Å²) < 4.78 is 0. The lowest BCUT2D eigenvalue weighted by molar-refractivity contribution is -0.131. The number of nitrogens with zero attached hydrogens (tertiary/aromatic N) is 3. The Bertz CT molecular complexity index is 472. The monoisotopic (exact) mass is 291 g/mol. The Morgan fingerprint density at radius 1 is 1.24 bits per heavy atom. The van der Waals surface area contributed by atoms with E-state index < -0.39 is 0 Å². The van der Waals surface area contributed by atoms with E-state index in [1.54, 1.807) is 11.1 Å². The summed E-state index contributed by atoms with van der Waals surface area (Å²) in [5.74, 6) is -0.0453. The van der Waals surface area contributed by atoms with Crippen molar-refractivity contribution in [3.63, 3.8) is 0 Å². The summed E-state index contributed by atoms with van der Waals surface area (Å²) in [6, 6.07) is 5.55. The van der Waals surface area contributed by atoms with Crippen molar-refractivity contribution in [2.24, 2.45) is 0 Å². The van der Waals surface area contributed by atoms with Gasteiger partial charge in [-0.05, 0) is 12.1 Å². The molecule has 0 bridgehead atoms. The molecule has 1 aromatic rings. The van der Waals surface area contributed by atoms with Crippen LogP contribution >= 0.6 is 0 Å². The topological polar surface area (TPSA) is 77.6 Å². The van der Waals surface area contributed by atoms with Crippen LogP contribution in [0.1, 0.15) is 5.69 Å². The first-order chi connectivity index (χ1) is 10.2. The summed E-state index contributed by atoms with van der Waals surface area (Å²) >= 11 is 0. The second-order valence-electron chi connectivity index (χ2n) is 4.91. The molecule has 1 fully saturated rings. The predicted octanol–water partition coefficient (Wildman–Crippen LogP) is -0.345. The zero-order valence-corrected chi connectivity index (χ0v) is 12.2. The predicted molar refractivity (Wildman–Crippen MR) is 78.6 cm³/mol. The van der Waals surface area contributed by atoms with Crippen LogP contribution in [-0.4, -0.2) is 66.5 Å². The molecule has 114 valence electrons. The van der Waals surface area contributed by atoms with Crippen LogP contribution in [0.5, 0.6) is 0 Å². The van der Waals surface area contributed by atoms with Crippen molar-refractivity contribution < 1.29 is 9.59 Å². The smallest absolute Gasteiger partial charge is 0.314 e. The van der Waals surface area contributed by atoms with Gasteiger partial charge in [-0.3, -0.25) is 14.7 Å². The van der Waals surface area contributed by atoms with Gasteiger partial charge in [0.2, 0.25) is 5.91 Å². The van der Waals surface area contributed by atoms with Crippen molar-refractivity contribution in [2.45, 2.75) is 6.54 Å². The molecule has 0 unspecified atom stereocenters. The van der Waals surface area contributed by atoms with Crippen molar-refractivity contribution in [1.82, 2.24) is 25.4 Å². The standard InChI is InChI=1S/C14H21N5O2/c1-15-14(21)17-10-13(20)19-8-6-18(7-9-19)11-12-4-2-3-5-16-12/h2-5H,6-11H2,1H3,(H2,15,17,21). The summed E-state index contributed by atoms with van der Waals surface area (Å²) in [6.45, 7) is 3.85. The largest absolute Gasteiger partial charge is 0.341 e. The first-order valence-electron chi connectivity index (χ1n) is 7.04. The van der Waals surface area contributed by atoms with E-state index in [0.717, 1.165) is 25.3 Å². The molecule has 1 aliphatic heterocycles. The van der Waals surface area contributed by atoms with Crippen LogP contribution in [0, 0.1) is 0 Å². The molecular weight excluding hydrogens is 270 g/mol. The van der Waals surface area contributed by atoms with Crippen molar-refractivity contribution in [1.29, 1.82) is 0 Å². The van der Waals surface area contributed by atoms with Gasteiger partial charge in [0.15, 0.2) is 0 Å². The van der Waals surface area contributed by atoms with Gasteiger partial charge in [-0.1, -0.05) is 6.07 Å². The number of hydrogen-bond donors (Lipinski definition) is 2. The van der Waals surface area contributed by atoms with Gasteiger partial charge in [0.1, 0.15) is 0 Å². The molecule has 3 amide bonds. The fourth-order valence-electron chi connectivity index (χ4n) is 2.23. The van der Waals surface area contributed by atoms with E-state index in [-0.39, 0.29) is 18.5 Å². The molecule has 1 aliphatic rings. The van der Waals surface area contributed by atoms with Crippen LogP contribution in [0.15, 0.2) is 24.4 Å². The van der Waals surface area contributed by atoms with E-state index >= 15 is 0 Å². The molecule has 7 nitrogen and oxygen atoms in total. The Balaban J connectivity index is 1.72. The van der Waals surface area contributed by atoms with Crippen molar-refractivity contribution >= 4 is 11.9 Å². The molecule has 0 spiro atoms. The van der Waals surface area contributed by atoms with E-state index in [1.807, 2.05) is 18.2 Å². The van der Waals surface area contributed by atoms with Gasteiger partial charge in [0.25, 0.3) is 0 Å². The third kappa shape index (κ3) is 4.71. The van der Waals surface area contributed by atoms with Gasteiger partial charge in [-0.15, -0.1) is 0 Å². The van der Waals surface area contributed by atoms with Crippen molar-refractivity contribution in [3.05, 3.63) is 30.1 Å². The highest BCUT2D eigenvalue weighted by atomic mass is 16.2. The van der Waals surface area contributed by atoms with Crippen LogP contribution in [-0.2, 0) is 11.3 Å². The first kappa shape index (κ1) is 15.2. The number of amides is 3. The average Bonchev–Trinajstić information content (AvgIpc) is 2.54. The van der Waals surface area contributed by atoms with E-state index in [4.69, 9.17) is 0 Å². The normalized spacial score (nSPS) is 15.6. The first-order valence-corrected chi connectivity index (χ1v) is 7.04. The maximum absolute atomic E-state index is 11.9. The Labute approximate surface area is 124 Å². The lowest BCUT2D eigenvalue weighted by Gasteiger charge is -2.34. The summed E-state index contributed by atoms with van der Waals surface area (Å²) in [4.78, 5) is 31.3. The van der Waals surface area contributed by atoms with E-state index in [0.29, 0.717) is 13.1 Å². The number of carbonyl (C=O) groups is 2. The van der Waals surface area contributed by atoms with E-state index in [9.17, 15) is 9.59 Å². The molecule has 1 saturated heterocycles. The van der Waals surface area contributed by atoms with Crippen LogP contribution in [0.25, 0.3) is 0 Å². The zero-order valence-electron chi connectivity index (χ0n) is 12.2. The molecule has 1 aromatic heterocycles. The number of urea groups is 1. The lowest BCUT2D eigenvalue weighted by atomic mass is 10.2. The number of piperazine rings is 1. The number of hydrogen-bond acceptors (Lipinski definition) is 4. The Hall–Kier alpha value is -2.15. The summed E-state index contributed by atoms with van der Waals surface area (Å²) in [5, 5.41) is 4.94. The third-order valence-electron chi connectivity index (χ3n) is 3.46. The molecule has 7 heteroatoms. The van der Waals surface area contributed by atoms with Crippen LogP contribution < -0.4 is 10.6 Å². The minimum Gasteiger partial charge on any atom is -0.341 e. The van der Waals surface area contributed by atoms with Crippen LogP contribution in [0.3, 0.4) is 0 Å². The zero-order chi connectivity index (χ0) is 15.1. The van der Waals surface area contributed by atoms with E-state index in [2.05, 4.69) is 20.5 Å². The van der Waals surface area contributed by atoms with Gasteiger partial charge in [-0.25, -0.2) is 4.79 Å². The second kappa shape index (κ2) is 7.58. The van der Waals surface area contributed by atoms with Gasteiger partial charge < -0.3 is 15.5 Å². The molecule has 2 N–H and O–H groups in total. The number of pyridine rings is 1. The Morgan fingerprint density at radius 2 is 2.00 bits per heavy atom. The van der Waals surface area contributed by atoms with Gasteiger partial charge in [0.05, 0.1) is 12.2 Å². The van der Waals surface area contributed by atoms with Gasteiger partial charge >= 0.3 is 6.03 Å². The number of carbonyl (C=O) groups excluding carboxylic acids is 2. The van der Waals surface area contributed by atoms with Crippen LogP contribution in [0.4, 0.5) is 4.79 Å². The molecular formula is C14H21N5O2. The maximum atomic E-state index is 11.9. The number of rotatable bonds is 4. The highest BCUT2D eigenvalue weighted by Crippen LogP contribution is 2.06. The number of aromatic nitrogens is 1. The van der Waals surface area contributed by atoms with Crippen molar-refractivity contribution in [2.75, 3.05) is 39.8 Å². The third-order valence-corrected chi connectivity index (χ3v) is 3.46.